The van der Waals surface area contributed by atoms with Gasteiger partial charge in [0.25, 0.3) is 5.69 Å². The number of piperazine rings is 1. The number of pyridine rings is 1. The zero-order chi connectivity index (χ0) is 24.4. The van der Waals surface area contributed by atoms with Gasteiger partial charge in [0.2, 0.25) is 0 Å². The number of thioether (sulfide) groups is 1. The topological polar surface area (TPSA) is 86.4 Å². The summed E-state index contributed by atoms with van der Waals surface area (Å²) in [5, 5.41) is 14.3. The van der Waals surface area contributed by atoms with Crippen LogP contribution in [0, 0.1) is 23.8 Å². The lowest BCUT2D eigenvalue weighted by Gasteiger charge is -2.37. The van der Waals surface area contributed by atoms with Gasteiger partial charge >= 0.3 is 0 Å². The standard InChI is InChI=1S/C25H24ClN7S2/c1-29-21-22(33-10-8-32(9-11-33)13-16-2-3-16)20(12-27)25(31-23(21)28)35-15-19-14-34-24(30-19)17-4-6-18(26)7-5-17/h4-7,14,16H,2-3,8-11,13,15H2,(H2,28,31). The van der Waals surface area contributed by atoms with Crippen molar-refractivity contribution in [1.29, 1.82) is 5.26 Å². The van der Waals surface area contributed by atoms with Gasteiger partial charge in [-0.3, -0.25) is 4.90 Å². The van der Waals surface area contributed by atoms with Crippen molar-refractivity contribution in [3.63, 3.8) is 0 Å². The summed E-state index contributed by atoms with van der Waals surface area (Å²) in [5.74, 6) is 1.58. The van der Waals surface area contributed by atoms with Crippen molar-refractivity contribution in [3.05, 3.63) is 57.3 Å². The lowest BCUT2D eigenvalue weighted by Crippen LogP contribution is -2.47. The third-order valence-corrected chi connectivity index (χ3v) is 8.47. The summed E-state index contributed by atoms with van der Waals surface area (Å²) < 4.78 is 0. The molecule has 0 unspecified atom stereocenters. The highest BCUT2D eigenvalue weighted by molar-refractivity contribution is 7.98. The van der Waals surface area contributed by atoms with E-state index in [2.05, 4.69) is 25.7 Å². The molecule has 2 aliphatic rings. The van der Waals surface area contributed by atoms with Gasteiger partial charge in [-0.2, -0.15) is 5.26 Å². The molecule has 0 amide bonds. The molecule has 1 aliphatic carbocycles. The molecule has 2 fully saturated rings. The van der Waals surface area contributed by atoms with E-state index in [0.29, 0.717) is 27.1 Å². The number of thiazole rings is 1. The molecule has 1 saturated heterocycles. The van der Waals surface area contributed by atoms with Gasteiger partial charge in [-0.1, -0.05) is 35.5 Å². The number of halogens is 1. The van der Waals surface area contributed by atoms with Crippen molar-refractivity contribution in [3.8, 4) is 16.6 Å². The lowest BCUT2D eigenvalue weighted by atomic mass is 10.1. The van der Waals surface area contributed by atoms with Gasteiger partial charge < -0.3 is 10.6 Å². The number of benzene rings is 1. The second-order valence-electron chi connectivity index (χ2n) is 8.77. The number of nitriles is 1. The van der Waals surface area contributed by atoms with Crippen LogP contribution in [0.3, 0.4) is 0 Å². The van der Waals surface area contributed by atoms with Gasteiger partial charge in [-0.25, -0.2) is 14.8 Å². The first kappa shape index (κ1) is 23.9. The number of hydrogen-bond donors (Lipinski definition) is 1. The number of rotatable bonds is 7. The molecule has 2 N–H and O–H groups in total. The molecule has 3 heterocycles. The molecule has 7 nitrogen and oxygen atoms in total. The Hall–Kier alpha value is -2.82. The lowest BCUT2D eigenvalue weighted by molar-refractivity contribution is 0.248. The fourth-order valence-corrected chi connectivity index (χ4v) is 6.18. The molecular weight excluding hydrogens is 498 g/mol. The molecule has 0 radical (unpaired) electrons. The maximum atomic E-state index is 10.1. The van der Waals surface area contributed by atoms with Crippen LogP contribution in [0.25, 0.3) is 15.4 Å². The van der Waals surface area contributed by atoms with E-state index in [1.807, 2.05) is 29.6 Å². The summed E-state index contributed by atoms with van der Waals surface area (Å²) in [6.07, 6.45) is 2.67. The Morgan fingerprint density at radius 1 is 1.20 bits per heavy atom. The quantitative estimate of drug-likeness (QED) is 0.316. The van der Waals surface area contributed by atoms with Crippen molar-refractivity contribution in [2.24, 2.45) is 5.92 Å². The van der Waals surface area contributed by atoms with E-state index in [4.69, 9.17) is 28.9 Å². The largest absolute Gasteiger partial charge is 0.392 e. The minimum absolute atomic E-state index is 0.178. The highest BCUT2D eigenvalue weighted by Gasteiger charge is 2.29. The first-order valence-electron chi connectivity index (χ1n) is 11.5. The molecule has 2 aromatic heterocycles. The molecule has 1 aromatic carbocycles. The second kappa shape index (κ2) is 10.4. The number of hydrogen-bond acceptors (Lipinski definition) is 8. The summed E-state index contributed by atoms with van der Waals surface area (Å²) in [5.41, 5.74) is 9.47. The van der Waals surface area contributed by atoms with Gasteiger partial charge in [0.1, 0.15) is 21.9 Å². The van der Waals surface area contributed by atoms with Crippen LogP contribution in [0.5, 0.6) is 0 Å². The van der Waals surface area contributed by atoms with Crippen LogP contribution in [0.15, 0.2) is 34.7 Å². The van der Waals surface area contributed by atoms with Crippen LogP contribution in [-0.4, -0.2) is 47.6 Å². The molecule has 35 heavy (non-hydrogen) atoms. The zero-order valence-electron chi connectivity index (χ0n) is 19.1. The van der Waals surface area contributed by atoms with Crippen LogP contribution < -0.4 is 10.6 Å². The van der Waals surface area contributed by atoms with Gasteiger partial charge in [-0.05, 0) is 30.9 Å². The predicted octanol–water partition coefficient (Wildman–Crippen LogP) is 5.69. The first-order chi connectivity index (χ1) is 17.1. The summed E-state index contributed by atoms with van der Waals surface area (Å²) in [4.78, 5) is 17.5. The average molecular weight is 522 g/mol. The summed E-state index contributed by atoms with van der Waals surface area (Å²) in [6.45, 7) is 12.2. The summed E-state index contributed by atoms with van der Waals surface area (Å²) in [7, 11) is 0. The van der Waals surface area contributed by atoms with Gasteiger partial charge in [0.05, 0.1) is 23.5 Å². The van der Waals surface area contributed by atoms with Crippen LogP contribution in [0.4, 0.5) is 17.2 Å². The van der Waals surface area contributed by atoms with E-state index in [9.17, 15) is 5.26 Å². The maximum absolute atomic E-state index is 10.1. The number of nitrogen functional groups attached to an aromatic ring is 1. The Morgan fingerprint density at radius 3 is 2.60 bits per heavy atom. The fourth-order valence-electron chi connectivity index (χ4n) is 4.24. The van der Waals surface area contributed by atoms with E-state index in [1.54, 1.807) is 11.3 Å². The van der Waals surface area contributed by atoms with Gasteiger partial charge in [0, 0.05) is 54.4 Å². The number of aromatic nitrogens is 2. The van der Waals surface area contributed by atoms with Crippen LogP contribution >= 0.6 is 34.7 Å². The molecule has 3 aromatic rings. The highest BCUT2D eigenvalue weighted by atomic mass is 35.5. The Bertz CT molecular complexity index is 1300. The molecule has 10 heteroatoms. The second-order valence-corrected chi connectivity index (χ2v) is 11.0. The molecule has 0 bridgehead atoms. The van der Waals surface area contributed by atoms with Crippen molar-refractivity contribution in [2.75, 3.05) is 43.4 Å². The Labute approximate surface area is 218 Å². The minimum atomic E-state index is 0.178. The number of nitrogens with two attached hydrogens (primary N) is 1. The van der Waals surface area contributed by atoms with Crippen molar-refractivity contribution < 1.29 is 0 Å². The molecule has 0 atom stereocenters. The fraction of sp³-hybridized carbons (Fsp3) is 0.360. The average Bonchev–Trinajstić information content (AvgIpc) is 3.56. The SMILES string of the molecule is [C-]#[N+]c1c(N)nc(SCc2csc(-c3ccc(Cl)cc3)n2)c(C#N)c1N1CCN(CC2CC2)CC1. The first-order valence-corrected chi connectivity index (χ1v) is 13.7. The molecule has 178 valence electrons. The van der Waals surface area contributed by atoms with E-state index in [1.165, 1.54) is 24.6 Å². The number of anilines is 2. The molecule has 1 aliphatic heterocycles. The summed E-state index contributed by atoms with van der Waals surface area (Å²) >= 11 is 9.00. The van der Waals surface area contributed by atoms with Crippen molar-refractivity contribution >= 4 is 51.9 Å². The minimum Gasteiger partial charge on any atom is -0.392 e. The van der Waals surface area contributed by atoms with Gasteiger partial charge in [0.15, 0.2) is 0 Å². The third-order valence-electron chi connectivity index (χ3n) is 6.26. The Balaban J connectivity index is 1.35. The molecule has 0 spiro atoms. The zero-order valence-corrected chi connectivity index (χ0v) is 21.5. The van der Waals surface area contributed by atoms with Crippen LogP contribution in [-0.2, 0) is 5.75 Å². The normalized spacial score (nSPS) is 16.1. The molecule has 5 rings (SSSR count). The van der Waals surface area contributed by atoms with Gasteiger partial charge in [-0.15, -0.1) is 11.3 Å². The Kier molecular flexibility index (Phi) is 7.12. The van der Waals surface area contributed by atoms with Crippen molar-refractivity contribution in [2.45, 2.75) is 23.6 Å². The smallest absolute Gasteiger partial charge is 0.251 e. The molecular formula is C25H24ClN7S2. The number of nitrogens with zero attached hydrogens (tertiary/aromatic N) is 6. The van der Waals surface area contributed by atoms with E-state index < -0.39 is 0 Å². The highest BCUT2D eigenvalue weighted by Crippen LogP contribution is 2.42. The van der Waals surface area contributed by atoms with Crippen LogP contribution in [0.2, 0.25) is 5.02 Å². The van der Waals surface area contributed by atoms with Crippen molar-refractivity contribution in [1.82, 2.24) is 14.9 Å². The van der Waals surface area contributed by atoms with E-state index in [0.717, 1.165) is 54.9 Å². The molecule has 1 saturated carbocycles. The summed E-state index contributed by atoms with van der Waals surface area (Å²) in [6, 6.07) is 9.93. The predicted molar refractivity (Wildman–Crippen MR) is 143 cm³/mol. The third kappa shape index (κ3) is 5.39. The van der Waals surface area contributed by atoms with Crippen LogP contribution in [0.1, 0.15) is 24.1 Å². The maximum Gasteiger partial charge on any atom is 0.251 e. The Morgan fingerprint density at radius 2 is 1.94 bits per heavy atom. The monoisotopic (exact) mass is 521 g/mol. The van der Waals surface area contributed by atoms with E-state index in [-0.39, 0.29) is 11.5 Å². The van der Waals surface area contributed by atoms with E-state index >= 15 is 0 Å².